The van der Waals surface area contributed by atoms with Gasteiger partial charge in [-0.15, -0.1) is 0 Å². The van der Waals surface area contributed by atoms with Crippen molar-refractivity contribution in [1.82, 2.24) is 15.5 Å². The van der Waals surface area contributed by atoms with Crippen LogP contribution in [-0.4, -0.2) is 50.1 Å². The molecule has 0 spiro atoms. The lowest BCUT2D eigenvalue weighted by Gasteiger charge is -2.26. The predicted molar refractivity (Wildman–Crippen MR) is 85.6 cm³/mol. The highest BCUT2D eigenvalue weighted by Gasteiger charge is 2.13. The van der Waals surface area contributed by atoms with E-state index >= 15 is 0 Å². The molecule has 1 saturated heterocycles. The van der Waals surface area contributed by atoms with Crippen LogP contribution in [0.4, 0.5) is 0 Å². The number of amides is 1. The minimum Gasteiger partial charge on any atom is -0.451 e. The van der Waals surface area contributed by atoms with Crippen LogP contribution in [0.5, 0.6) is 0 Å². The molecule has 21 heavy (non-hydrogen) atoms. The third-order valence-electron chi connectivity index (χ3n) is 3.63. The highest BCUT2D eigenvalue weighted by Crippen LogP contribution is 2.23. The Bertz CT molecular complexity index is 635. The van der Waals surface area contributed by atoms with Crippen molar-refractivity contribution >= 4 is 32.8 Å². The maximum absolute atomic E-state index is 12.1. The van der Waals surface area contributed by atoms with E-state index in [0.29, 0.717) is 12.3 Å². The summed E-state index contributed by atoms with van der Waals surface area (Å²) in [4.78, 5) is 14.4. The molecule has 0 bridgehead atoms. The molecular formula is C15H18BrN3O2. The Morgan fingerprint density at radius 1 is 1.33 bits per heavy atom. The van der Waals surface area contributed by atoms with Crippen LogP contribution in [0, 0.1) is 0 Å². The summed E-state index contributed by atoms with van der Waals surface area (Å²) in [5.41, 5.74) is 0.727. The molecule has 0 atom stereocenters. The number of piperazine rings is 1. The van der Waals surface area contributed by atoms with Gasteiger partial charge in [-0.3, -0.25) is 9.69 Å². The Labute approximate surface area is 131 Å². The molecule has 1 amide bonds. The van der Waals surface area contributed by atoms with Crippen LogP contribution in [0.1, 0.15) is 10.6 Å². The van der Waals surface area contributed by atoms with Gasteiger partial charge in [-0.25, -0.2) is 0 Å². The average molecular weight is 352 g/mol. The van der Waals surface area contributed by atoms with Gasteiger partial charge in [0.2, 0.25) is 0 Å². The number of hydrogen-bond donors (Lipinski definition) is 2. The summed E-state index contributed by atoms with van der Waals surface area (Å²) in [6.07, 6.45) is 0. The zero-order chi connectivity index (χ0) is 14.7. The zero-order valence-corrected chi connectivity index (χ0v) is 13.3. The number of halogens is 1. The van der Waals surface area contributed by atoms with Crippen LogP contribution in [0.2, 0.25) is 0 Å². The third-order valence-corrected chi connectivity index (χ3v) is 4.12. The number of nitrogens with one attached hydrogen (secondary N) is 2. The molecule has 6 heteroatoms. The van der Waals surface area contributed by atoms with Gasteiger partial charge in [0.05, 0.1) is 0 Å². The molecule has 5 nitrogen and oxygen atoms in total. The van der Waals surface area contributed by atoms with Gasteiger partial charge in [0, 0.05) is 49.1 Å². The Balaban J connectivity index is 1.56. The van der Waals surface area contributed by atoms with Gasteiger partial charge < -0.3 is 15.1 Å². The van der Waals surface area contributed by atoms with Crippen LogP contribution in [0.15, 0.2) is 33.2 Å². The first-order valence-electron chi connectivity index (χ1n) is 7.13. The summed E-state index contributed by atoms with van der Waals surface area (Å²) in [7, 11) is 0. The molecule has 0 saturated carbocycles. The van der Waals surface area contributed by atoms with Crippen molar-refractivity contribution in [2.75, 3.05) is 39.3 Å². The van der Waals surface area contributed by atoms with E-state index in [2.05, 4.69) is 31.5 Å². The van der Waals surface area contributed by atoms with E-state index in [4.69, 9.17) is 4.42 Å². The minimum absolute atomic E-state index is 0.155. The molecule has 1 aromatic carbocycles. The second-order valence-corrected chi connectivity index (χ2v) is 6.06. The van der Waals surface area contributed by atoms with E-state index in [0.717, 1.165) is 48.2 Å². The molecule has 2 aromatic rings. The second kappa shape index (κ2) is 6.60. The standard InChI is InChI=1S/C15H18BrN3O2/c16-12-1-2-13-11(9-12)10-14(21-13)15(20)18-5-8-19-6-3-17-4-7-19/h1-2,9-10,17H,3-8H2,(H,18,20). The maximum atomic E-state index is 12.1. The molecule has 2 heterocycles. The summed E-state index contributed by atoms with van der Waals surface area (Å²) in [6, 6.07) is 7.48. The molecule has 0 unspecified atom stereocenters. The van der Waals surface area contributed by atoms with E-state index in [1.165, 1.54) is 0 Å². The third kappa shape index (κ3) is 3.64. The van der Waals surface area contributed by atoms with E-state index in [-0.39, 0.29) is 5.91 Å². The molecular weight excluding hydrogens is 334 g/mol. The fourth-order valence-electron chi connectivity index (χ4n) is 2.48. The molecule has 112 valence electrons. The average Bonchev–Trinajstić information content (AvgIpc) is 2.91. The van der Waals surface area contributed by atoms with Crippen molar-refractivity contribution in [2.24, 2.45) is 0 Å². The monoisotopic (exact) mass is 351 g/mol. The van der Waals surface area contributed by atoms with E-state index in [9.17, 15) is 4.79 Å². The fourth-order valence-corrected chi connectivity index (χ4v) is 2.85. The fraction of sp³-hybridized carbons (Fsp3) is 0.400. The van der Waals surface area contributed by atoms with E-state index in [1.807, 2.05) is 18.2 Å². The molecule has 0 aliphatic carbocycles. The smallest absolute Gasteiger partial charge is 0.287 e. The highest BCUT2D eigenvalue weighted by atomic mass is 79.9. The number of furan rings is 1. The van der Waals surface area contributed by atoms with Crippen molar-refractivity contribution in [3.8, 4) is 0 Å². The summed E-state index contributed by atoms with van der Waals surface area (Å²) >= 11 is 3.41. The number of carbonyl (C=O) groups excluding carboxylic acids is 1. The number of benzene rings is 1. The molecule has 2 N–H and O–H groups in total. The summed E-state index contributed by atoms with van der Waals surface area (Å²) < 4.78 is 6.54. The molecule has 3 rings (SSSR count). The van der Waals surface area contributed by atoms with Crippen molar-refractivity contribution in [3.05, 3.63) is 34.5 Å². The topological polar surface area (TPSA) is 57.5 Å². The SMILES string of the molecule is O=C(NCCN1CCNCC1)c1cc2cc(Br)ccc2o1. The lowest BCUT2D eigenvalue weighted by atomic mass is 10.2. The molecule has 1 aliphatic heterocycles. The molecule has 1 fully saturated rings. The second-order valence-electron chi connectivity index (χ2n) is 5.14. The first-order valence-corrected chi connectivity index (χ1v) is 7.92. The number of rotatable bonds is 4. The Morgan fingerprint density at radius 3 is 2.95 bits per heavy atom. The van der Waals surface area contributed by atoms with Gasteiger partial charge in [-0.05, 0) is 24.3 Å². The molecule has 0 radical (unpaired) electrons. The Kier molecular flexibility index (Phi) is 4.57. The van der Waals surface area contributed by atoms with Crippen LogP contribution in [0.3, 0.4) is 0 Å². The normalized spacial score (nSPS) is 16.2. The minimum atomic E-state index is -0.155. The largest absolute Gasteiger partial charge is 0.451 e. The number of carbonyl (C=O) groups is 1. The van der Waals surface area contributed by atoms with Crippen LogP contribution >= 0.6 is 15.9 Å². The summed E-state index contributed by atoms with van der Waals surface area (Å²) in [6.45, 7) is 5.63. The Morgan fingerprint density at radius 2 is 2.14 bits per heavy atom. The van der Waals surface area contributed by atoms with Gasteiger partial charge in [0.15, 0.2) is 5.76 Å². The van der Waals surface area contributed by atoms with Gasteiger partial charge in [0.1, 0.15) is 5.58 Å². The van der Waals surface area contributed by atoms with Crippen LogP contribution < -0.4 is 10.6 Å². The molecule has 1 aromatic heterocycles. The zero-order valence-electron chi connectivity index (χ0n) is 11.7. The quantitative estimate of drug-likeness (QED) is 0.882. The Hall–Kier alpha value is -1.37. The van der Waals surface area contributed by atoms with E-state index < -0.39 is 0 Å². The first-order chi connectivity index (χ1) is 10.2. The number of hydrogen-bond acceptors (Lipinski definition) is 4. The number of fused-ring (bicyclic) bond motifs is 1. The lowest BCUT2D eigenvalue weighted by molar-refractivity contribution is 0.0922. The van der Waals surface area contributed by atoms with Gasteiger partial charge >= 0.3 is 0 Å². The van der Waals surface area contributed by atoms with Crippen molar-refractivity contribution in [3.63, 3.8) is 0 Å². The first kappa shape index (κ1) is 14.6. The van der Waals surface area contributed by atoms with Gasteiger partial charge in [0.25, 0.3) is 5.91 Å². The predicted octanol–water partition coefficient (Wildman–Crippen LogP) is 1.83. The lowest BCUT2D eigenvalue weighted by Crippen LogP contribution is -2.46. The summed E-state index contributed by atoms with van der Waals surface area (Å²) in [5.74, 6) is 0.209. The van der Waals surface area contributed by atoms with Crippen molar-refractivity contribution < 1.29 is 9.21 Å². The van der Waals surface area contributed by atoms with E-state index in [1.54, 1.807) is 6.07 Å². The van der Waals surface area contributed by atoms with Gasteiger partial charge in [-0.1, -0.05) is 15.9 Å². The summed E-state index contributed by atoms with van der Waals surface area (Å²) in [5, 5.41) is 7.15. The van der Waals surface area contributed by atoms with Gasteiger partial charge in [-0.2, -0.15) is 0 Å². The highest BCUT2D eigenvalue weighted by molar-refractivity contribution is 9.10. The number of nitrogens with zero attached hydrogens (tertiary/aromatic N) is 1. The maximum Gasteiger partial charge on any atom is 0.287 e. The van der Waals surface area contributed by atoms with Crippen LogP contribution in [-0.2, 0) is 0 Å². The van der Waals surface area contributed by atoms with Crippen LogP contribution in [0.25, 0.3) is 11.0 Å². The van der Waals surface area contributed by atoms with Crippen molar-refractivity contribution in [2.45, 2.75) is 0 Å². The molecule has 1 aliphatic rings. The van der Waals surface area contributed by atoms with Crippen molar-refractivity contribution in [1.29, 1.82) is 0 Å².